The van der Waals surface area contributed by atoms with Crippen LogP contribution >= 0.6 is 35.0 Å². The maximum Gasteiger partial charge on any atom is 0.284 e. The van der Waals surface area contributed by atoms with Gasteiger partial charge in [-0.25, -0.2) is 0 Å². The number of rotatable bonds is 8. The van der Waals surface area contributed by atoms with Gasteiger partial charge in [0, 0.05) is 28.8 Å². The zero-order valence-electron chi connectivity index (χ0n) is 18.9. The minimum absolute atomic E-state index is 0.0684. The molecule has 10 heteroatoms. The Morgan fingerprint density at radius 2 is 1.66 bits per heavy atom. The molecule has 0 amide bonds. The van der Waals surface area contributed by atoms with Crippen LogP contribution < -0.4 is 10.3 Å². The number of amidine groups is 1. The van der Waals surface area contributed by atoms with E-state index < -0.39 is 10.0 Å². The van der Waals surface area contributed by atoms with Gasteiger partial charge in [-0.2, -0.15) is 25.3 Å². The van der Waals surface area contributed by atoms with Crippen LogP contribution in [0.25, 0.3) is 0 Å². The largest absolute Gasteiger partial charge is 0.367 e. The second kappa shape index (κ2) is 11.5. The van der Waals surface area contributed by atoms with E-state index in [1.165, 1.54) is 24.3 Å². The predicted molar refractivity (Wildman–Crippen MR) is 148 cm³/mol. The van der Waals surface area contributed by atoms with Gasteiger partial charge in [-0.15, -0.1) is 4.40 Å². The summed E-state index contributed by atoms with van der Waals surface area (Å²) in [6.45, 7) is 0.548. The Labute approximate surface area is 220 Å². The van der Waals surface area contributed by atoms with Crippen molar-refractivity contribution < 1.29 is 8.42 Å². The summed E-state index contributed by atoms with van der Waals surface area (Å²) in [4.78, 5) is 0.0684. The fourth-order valence-electron chi connectivity index (χ4n) is 3.66. The SMILES string of the molecule is CSCCN/C(=N\S(=O)(=O)c1ccc(Cl)cc1)C1=NN(c2ccc(Cl)cc2)[C@@H](c2ccccc2)C1. The Bertz CT molecular complexity index is 1310. The van der Waals surface area contributed by atoms with Crippen LogP contribution in [0.2, 0.25) is 10.0 Å². The van der Waals surface area contributed by atoms with E-state index in [2.05, 4.69) is 9.71 Å². The van der Waals surface area contributed by atoms with Gasteiger partial charge in [0.2, 0.25) is 0 Å². The lowest BCUT2D eigenvalue weighted by Crippen LogP contribution is -2.33. The van der Waals surface area contributed by atoms with Gasteiger partial charge in [0.05, 0.1) is 16.6 Å². The summed E-state index contributed by atoms with van der Waals surface area (Å²) >= 11 is 13.7. The molecule has 3 aromatic carbocycles. The van der Waals surface area contributed by atoms with Gasteiger partial charge in [0.15, 0.2) is 5.84 Å². The van der Waals surface area contributed by atoms with Gasteiger partial charge in [-0.3, -0.25) is 5.01 Å². The van der Waals surface area contributed by atoms with E-state index in [-0.39, 0.29) is 16.8 Å². The molecule has 0 saturated carbocycles. The highest BCUT2D eigenvalue weighted by atomic mass is 35.5. The fourth-order valence-corrected chi connectivity index (χ4v) is 5.21. The molecule has 1 heterocycles. The molecule has 3 aromatic rings. The lowest BCUT2D eigenvalue weighted by Gasteiger charge is -2.24. The number of nitrogens with one attached hydrogen (secondary N) is 1. The quantitative estimate of drug-likeness (QED) is 0.212. The van der Waals surface area contributed by atoms with Crippen molar-refractivity contribution in [2.45, 2.75) is 17.4 Å². The Balaban J connectivity index is 1.75. The van der Waals surface area contributed by atoms with Gasteiger partial charge in [0.25, 0.3) is 10.0 Å². The number of nitrogens with zero attached hydrogens (tertiary/aromatic N) is 3. The standard InChI is InChI=1S/C25H24Cl2N4O2S2/c1-34-16-15-28-25(30-35(32,33)22-13-9-20(27)10-14-22)23-17-24(18-5-3-2-4-6-18)31(29-23)21-11-7-19(26)8-12-21/h2-14,24H,15-17H2,1H3,(H,28,30)/t24-/m1/s1. The second-order valence-electron chi connectivity index (χ2n) is 7.79. The number of hydrogen-bond donors (Lipinski definition) is 1. The zero-order valence-corrected chi connectivity index (χ0v) is 22.1. The summed E-state index contributed by atoms with van der Waals surface area (Å²) in [5, 5.41) is 11.0. The van der Waals surface area contributed by atoms with Crippen LogP contribution in [0.3, 0.4) is 0 Å². The monoisotopic (exact) mass is 546 g/mol. The number of thioether (sulfide) groups is 1. The van der Waals surface area contributed by atoms with E-state index in [1.807, 2.05) is 65.9 Å². The summed E-state index contributed by atoms with van der Waals surface area (Å²) in [7, 11) is -3.98. The van der Waals surface area contributed by atoms with E-state index in [0.717, 1.165) is 17.0 Å². The highest BCUT2D eigenvalue weighted by Crippen LogP contribution is 2.36. The molecular formula is C25H24Cl2N4O2S2. The topological polar surface area (TPSA) is 74.1 Å². The number of hydrogen-bond acceptors (Lipinski definition) is 5. The Morgan fingerprint density at radius 1 is 1.03 bits per heavy atom. The van der Waals surface area contributed by atoms with Gasteiger partial charge in [-0.1, -0.05) is 53.5 Å². The zero-order chi connectivity index (χ0) is 24.8. The van der Waals surface area contributed by atoms with Crippen molar-refractivity contribution in [2.24, 2.45) is 9.50 Å². The molecular weight excluding hydrogens is 523 g/mol. The highest BCUT2D eigenvalue weighted by molar-refractivity contribution is 7.98. The molecule has 0 radical (unpaired) electrons. The van der Waals surface area contributed by atoms with Crippen LogP contribution in [0.5, 0.6) is 0 Å². The third-order valence-electron chi connectivity index (χ3n) is 5.38. The molecule has 1 N–H and O–H groups in total. The lowest BCUT2D eigenvalue weighted by molar-refractivity contribution is 0.598. The van der Waals surface area contributed by atoms with E-state index >= 15 is 0 Å². The van der Waals surface area contributed by atoms with Crippen molar-refractivity contribution in [2.75, 3.05) is 23.6 Å². The third kappa shape index (κ3) is 6.38. The van der Waals surface area contributed by atoms with Crippen molar-refractivity contribution in [1.29, 1.82) is 0 Å². The van der Waals surface area contributed by atoms with E-state index in [4.69, 9.17) is 28.3 Å². The third-order valence-corrected chi connectivity index (χ3v) is 7.79. The average molecular weight is 548 g/mol. The van der Waals surface area contributed by atoms with Crippen LogP contribution in [0.4, 0.5) is 5.69 Å². The molecule has 0 saturated heterocycles. The van der Waals surface area contributed by atoms with E-state index in [0.29, 0.717) is 28.7 Å². The van der Waals surface area contributed by atoms with Crippen LogP contribution in [0.1, 0.15) is 18.0 Å². The molecule has 0 bridgehead atoms. The molecule has 182 valence electrons. The smallest absolute Gasteiger partial charge is 0.284 e. The summed E-state index contributed by atoms with van der Waals surface area (Å²) in [5.41, 5.74) is 2.47. The number of sulfonamides is 1. The molecule has 35 heavy (non-hydrogen) atoms. The molecule has 4 rings (SSSR count). The minimum Gasteiger partial charge on any atom is -0.367 e. The predicted octanol–water partition coefficient (Wildman–Crippen LogP) is 6.04. The van der Waals surface area contributed by atoms with Crippen LogP contribution in [0, 0.1) is 0 Å². The van der Waals surface area contributed by atoms with Crippen LogP contribution in [-0.2, 0) is 10.0 Å². The van der Waals surface area contributed by atoms with Crippen molar-refractivity contribution in [3.63, 3.8) is 0 Å². The normalized spacial score (nSPS) is 16.3. The molecule has 0 unspecified atom stereocenters. The number of benzene rings is 3. The van der Waals surface area contributed by atoms with E-state index in [9.17, 15) is 8.42 Å². The molecule has 0 spiro atoms. The maximum atomic E-state index is 13.1. The average Bonchev–Trinajstić information content (AvgIpc) is 3.30. The number of anilines is 1. The van der Waals surface area contributed by atoms with Crippen molar-refractivity contribution in [3.8, 4) is 0 Å². The summed E-state index contributed by atoms with van der Waals surface area (Å²) in [6.07, 6.45) is 2.47. The van der Waals surface area contributed by atoms with E-state index in [1.54, 1.807) is 11.8 Å². The summed E-state index contributed by atoms with van der Waals surface area (Å²) < 4.78 is 30.4. The highest BCUT2D eigenvalue weighted by Gasteiger charge is 2.32. The van der Waals surface area contributed by atoms with Crippen molar-refractivity contribution in [3.05, 3.63) is 94.5 Å². The fraction of sp³-hybridized carbons (Fsp3) is 0.200. The van der Waals surface area contributed by atoms with Crippen LogP contribution in [-0.4, -0.2) is 38.5 Å². The first-order chi connectivity index (χ1) is 16.9. The summed E-state index contributed by atoms with van der Waals surface area (Å²) in [6, 6.07) is 23.2. The first kappa shape index (κ1) is 25.6. The van der Waals surface area contributed by atoms with Gasteiger partial charge in [-0.05, 0) is 60.4 Å². The minimum atomic E-state index is -3.98. The van der Waals surface area contributed by atoms with Gasteiger partial charge < -0.3 is 5.32 Å². The molecule has 0 aromatic heterocycles. The first-order valence-corrected chi connectivity index (χ1v) is 14.5. The van der Waals surface area contributed by atoms with Crippen LogP contribution in [0.15, 0.2) is 93.3 Å². The molecule has 6 nitrogen and oxygen atoms in total. The number of halogens is 2. The Kier molecular flexibility index (Phi) is 8.38. The van der Waals surface area contributed by atoms with Gasteiger partial charge >= 0.3 is 0 Å². The first-order valence-electron chi connectivity index (χ1n) is 10.9. The molecule has 1 aliphatic heterocycles. The van der Waals surface area contributed by atoms with Gasteiger partial charge in [0.1, 0.15) is 5.71 Å². The second-order valence-corrected chi connectivity index (χ2v) is 11.2. The molecule has 1 atom stereocenters. The molecule has 0 aliphatic carbocycles. The Hall–Kier alpha value is -2.52. The molecule has 0 fully saturated rings. The van der Waals surface area contributed by atoms with Crippen molar-refractivity contribution >= 4 is 62.2 Å². The Morgan fingerprint density at radius 3 is 2.29 bits per heavy atom. The summed E-state index contributed by atoms with van der Waals surface area (Å²) in [5.74, 6) is 1.03. The molecule has 1 aliphatic rings. The maximum absolute atomic E-state index is 13.1. The van der Waals surface area contributed by atoms with Crippen molar-refractivity contribution in [1.82, 2.24) is 5.32 Å². The lowest BCUT2D eigenvalue weighted by atomic mass is 10.0. The number of hydrazone groups is 1.